The van der Waals surface area contributed by atoms with E-state index in [-0.39, 0.29) is 55.5 Å². The number of phenolic OH excluding ortho intramolecular Hbond substituents is 1. The Labute approximate surface area is 243 Å². The topological polar surface area (TPSA) is 111 Å². The van der Waals surface area contributed by atoms with Crippen LogP contribution in [0.4, 0.5) is 13.2 Å². The van der Waals surface area contributed by atoms with Gasteiger partial charge in [-0.15, -0.1) is 0 Å². The van der Waals surface area contributed by atoms with Crippen LogP contribution in [0.5, 0.6) is 5.75 Å². The van der Waals surface area contributed by atoms with Gasteiger partial charge in [-0.3, -0.25) is 4.79 Å². The molecule has 1 amide bonds. The maximum atomic E-state index is 15.0. The van der Waals surface area contributed by atoms with Crippen molar-refractivity contribution in [2.45, 2.75) is 59.0 Å². The van der Waals surface area contributed by atoms with E-state index in [1.165, 1.54) is 11.8 Å². The molecule has 3 aromatic rings. The fourth-order valence-electron chi connectivity index (χ4n) is 5.76. The van der Waals surface area contributed by atoms with Crippen molar-refractivity contribution in [2.24, 2.45) is 11.3 Å². The maximum absolute atomic E-state index is 15.0. The van der Waals surface area contributed by atoms with Crippen molar-refractivity contribution in [3.05, 3.63) is 71.2 Å². The molecule has 4 atom stereocenters. The Morgan fingerprint density at radius 2 is 1.95 bits per heavy atom. The first-order valence-electron chi connectivity index (χ1n) is 14.1. The molecule has 2 unspecified atom stereocenters. The zero-order valence-corrected chi connectivity index (χ0v) is 24.3. The molecular formula is C31H39F3N4O4. The van der Waals surface area contributed by atoms with Crippen LogP contribution in [0.1, 0.15) is 50.2 Å². The summed E-state index contributed by atoms with van der Waals surface area (Å²) in [5.41, 5.74) is 0.645. The minimum Gasteiger partial charge on any atom is -0.508 e. The number of aryl methyl sites for hydroxylation is 1. The summed E-state index contributed by atoms with van der Waals surface area (Å²) >= 11 is 0. The van der Waals surface area contributed by atoms with Gasteiger partial charge < -0.3 is 30.1 Å². The van der Waals surface area contributed by atoms with Crippen molar-refractivity contribution in [3.63, 3.8) is 0 Å². The molecule has 0 bridgehead atoms. The van der Waals surface area contributed by atoms with Gasteiger partial charge in [0.15, 0.2) is 0 Å². The first kappa shape index (κ1) is 31.5. The largest absolute Gasteiger partial charge is 0.508 e. The molecule has 1 aromatic heterocycles. The van der Waals surface area contributed by atoms with E-state index in [1.807, 2.05) is 26.8 Å². The Kier molecular flexibility index (Phi) is 9.64. The number of phenols is 1. The number of carbonyl (C=O) groups excluding carboxylic acids is 1. The highest BCUT2D eigenvalue weighted by atomic mass is 19.1. The number of halogens is 3. The number of carbonyl (C=O) groups is 1. The normalized spacial score (nSPS) is 18.7. The van der Waals surface area contributed by atoms with Crippen LogP contribution in [0.3, 0.4) is 0 Å². The fourth-order valence-corrected chi connectivity index (χ4v) is 5.76. The van der Waals surface area contributed by atoms with E-state index in [9.17, 15) is 33.3 Å². The smallest absolute Gasteiger partial charge is 0.251 e. The van der Waals surface area contributed by atoms with Crippen LogP contribution in [-0.2, 0) is 11.3 Å². The van der Waals surface area contributed by atoms with Crippen LogP contribution < -0.4 is 5.32 Å². The zero-order valence-electron chi connectivity index (χ0n) is 24.3. The molecule has 1 fully saturated rings. The number of benzene rings is 2. The lowest BCUT2D eigenvalue weighted by Crippen LogP contribution is -2.50. The van der Waals surface area contributed by atoms with Crippen molar-refractivity contribution in [2.75, 3.05) is 26.2 Å². The number of nitrogens with zero attached hydrogens (tertiary/aromatic N) is 3. The van der Waals surface area contributed by atoms with Crippen LogP contribution >= 0.6 is 0 Å². The molecule has 1 saturated heterocycles. The van der Waals surface area contributed by atoms with Gasteiger partial charge >= 0.3 is 0 Å². The molecule has 2 aromatic carbocycles. The minimum atomic E-state index is -1.41. The van der Waals surface area contributed by atoms with Gasteiger partial charge in [0, 0.05) is 50.5 Å². The van der Waals surface area contributed by atoms with Gasteiger partial charge in [-0.1, -0.05) is 19.9 Å². The number of aromatic nitrogens is 2. The van der Waals surface area contributed by atoms with Gasteiger partial charge in [0.05, 0.1) is 11.7 Å². The van der Waals surface area contributed by atoms with Gasteiger partial charge in [-0.05, 0) is 67.1 Å². The third-order valence-electron chi connectivity index (χ3n) is 7.87. The van der Waals surface area contributed by atoms with E-state index in [4.69, 9.17) is 4.98 Å². The molecule has 0 radical (unpaired) electrons. The van der Waals surface area contributed by atoms with Gasteiger partial charge in [0.2, 0.25) is 0 Å². The van der Waals surface area contributed by atoms with Crippen molar-refractivity contribution < 1.29 is 33.3 Å². The Hall–Kier alpha value is -3.41. The zero-order chi connectivity index (χ0) is 30.8. The summed E-state index contributed by atoms with van der Waals surface area (Å²) in [5, 5.41) is 33.7. The summed E-state index contributed by atoms with van der Waals surface area (Å²) in [7, 11) is 0. The van der Waals surface area contributed by atoms with Crippen molar-refractivity contribution in [1.82, 2.24) is 19.8 Å². The second-order valence-electron chi connectivity index (χ2n) is 11.9. The van der Waals surface area contributed by atoms with Crippen LogP contribution in [0.2, 0.25) is 0 Å². The maximum Gasteiger partial charge on any atom is 0.251 e. The average molecular weight is 589 g/mol. The van der Waals surface area contributed by atoms with Gasteiger partial charge in [0.25, 0.3) is 5.91 Å². The fraction of sp³-hybridized carbons (Fsp3) is 0.484. The number of hydrogen-bond acceptors (Lipinski definition) is 6. The number of imidazole rings is 1. The molecule has 0 saturated carbocycles. The SMILES string of the molecule is Cc1cc(O)cc(Cn2cc(-c3cc(F)ccc3F)nc2C(N(C[C@@H]2CNCC2F)C(=O)[C@H](C)O)C(C)(C)CCO)c1. The first-order chi connectivity index (χ1) is 19.8. The minimum absolute atomic E-state index is 0.0425. The third kappa shape index (κ3) is 6.96. The molecule has 11 heteroatoms. The third-order valence-corrected chi connectivity index (χ3v) is 7.87. The first-order valence-corrected chi connectivity index (χ1v) is 14.1. The summed E-state index contributed by atoms with van der Waals surface area (Å²) < 4.78 is 45.7. The van der Waals surface area contributed by atoms with Crippen molar-refractivity contribution in [3.8, 4) is 17.0 Å². The molecular weight excluding hydrogens is 549 g/mol. The van der Waals surface area contributed by atoms with Crippen LogP contribution in [0.25, 0.3) is 11.3 Å². The summed E-state index contributed by atoms with van der Waals surface area (Å²) in [4.78, 5) is 19.8. The number of aliphatic hydroxyl groups is 2. The van der Waals surface area contributed by atoms with E-state index in [2.05, 4.69) is 5.32 Å². The number of nitrogens with one attached hydrogen (secondary N) is 1. The highest BCUT2D eigenvalue weighted by Gasteiger charge is 2.44. The Bertz CT molecular complexity index is 1390. The molecule has 4 rings (SSSR count). The average Bonchev–Trinajstić information content (AvgIpc) is 3.49. The van der Waals surface area contributed by atoms with E-state index < -0.39 is 47.2 Å². The molecule has 2 heterocycles. The number of aromatic hydroxyl groups is 1. The van der Waals surface area contributed by atoms with Gasteiger partial charge in [0.1, 0.15) is 35.5 Å². The van der Waals surface area contributed by atoms with Crippen LogP contribution in [0, 0.1) is 29.9 Å². The molecule has 0 spiro atoms. The Morgan fingerprint density at radius 1 is 1.21 bits per heavy atom. The Morgan fingerprint density at radius 3 is 2.57 bits per heavy atom. The van der Waals surface area contributed by atoms with Crippen LogP contribution in [-0.4, -0.2) is 74.2 Å². The monoisotopic (exact) mass is 588 g/mol. The summed E-state index contributed by atoms with van der Waals surface area (Å²) in [6.45, 7) is 7.16. The predicted molar refractivity (Wildman–Crippen MR) is 152 cm³/mol. The second kappa shape index (κ2) is 12.8. The Balaban J connectivity index is 1.95. The lowest BCUT2D eigenvalue weighted by molar-refractivity contribution is -0.146. The quantitative estimate of drug-likeness (QED) is 0.269. The van der Waals surface area contributed by atoms with Crippen LogP contribution in [0.15, 0.2) is 42.6 Å². The van der Waals surface area contributed by atoms with Gasteiger partial charge in [-0.25, -0.2) is 18.2 Å². The highest BCUT2D eigenvalue weighted by Crippen LogP contribution is 2.43. The molecule has 228 valence electrons. The van der Waals surface area contributed by atoms with E-state index >= 15 is 0 Å². The molecule has 4 N–H and O–H groups in total. The molecule has 8 nitrogen and oxygen atoms in total. The predicted octanol–water partition coefficient (Wildman–Crippen LogP) is 4.11. The number of rotatable bonds is 11. The molecule has 1 aliphatic rings. The second-order valence-corrected chi connectivity index (χ2v) is 11.9. The van der Waals surface area contributed by atoms with Gasteiger partial charge in [-0.2, -0.15) is 0 Å². The van der Waals surface area contributed by atoms with Crippen molar-refractivity contribution >= 4 is 5.91 Å². The standard InChI is InChI=1S/C31H39F3N4O4/c1-18-9-20(11-23(41)10-18)15-37-17-27(24-12-22(32)5-6-25(24)33)36-29(37)28(31(3,4)7-8-39)38(30(42)19(2)40)16-21-13-35-14-26(21)34/h5-6,9-12,17,19,21,26,28,35,39-41H,7-8,13-16H2,1-4H3/t19-,21-,26?,28?/m0/s1. The van der Waals surface area contributed by atoms with E-state index in [0.717, 1.165) is 23.8 Å². The molecule has 42 heavy (non-hydrogen) atoms. The molecule has 0 aliphatic carbocycles. The number of hydrogen-bond donors (Lipinski definition) is 4. The lowest BCUT2D eigenvalue weighted by atomic mass is 9.79. The number of aliphatic hydroxyl groups excluding tert-OH is 2. The van der Waals surface area contributed by atoms with E-state index in [1.54, 1.807) is 22.9 Å². The highest BCUT2D eigenvalue weighted by molar-refractivity contribution is 5.81. The van der Waals surface area contributed by atoms with E-state index in [0.29, 0.717) is 12.1 Å². The molecule has 1 aliphatic heterocycles. The summed E-state index contributed by atoms with van der Waals surface area (Å²) in [6.07, 6.45) is -0.871. The number of amides is 1. The van der Waals surface area contributed by atoms with Crippen molar-refractivity contribution in [1.29, 1.82) is 0 Å². The lowest BCUT2D eigenvalue weighted by Gasteiger charge is -2.43. The summed E-state index contributed by atoms with van der Waals surface area (Å²) in [6, 6.07) is 7.17. The number of alkyl halides is 1. The summed E-state index contributed by atoms with van der Waals surface area (Å²) in [5.74, 6) is -2.22.